The summed E-state index contributed by atoms with van der Waals surface area (Å²) in [7, 11) is 1.61. The van der Waals surface area contributed by atoms with Crippen LogP contribution in [0.3, 0.4) is 0 Å². The molecular weight excluding hydrogens is 334 g/mol. The standard InChI is InChI=1S/C20H25NO5/c1-13(22)11-20(14(2)23)12-17(21-26-20)15-8-9-18(24-3)19(10-15)25-16-6-4-5-7-16/h8-10,16H,4-7,11-12H2,1-3H3. The Bertz CT molecular complexity index is 736. The zero-order valence-electron chi connectivity index (χ0n) is 15.5. The molecular formula is C20H25NO5. The Hall–Kier alpha value is -2.37. The fraction of sp³-hybridized carbons (Fsp3) is 0.550. The van der Waals surface area contributed by atoms with Gasteiger partial charge in [-0.15, -0.1) is 0 Å². The third-order valence-corrected chi connectivity index (χ3v) is 5.05. The summed E-state index contributed by atoms with van der Waals surface area (Å²) < 4.78 is 11.5. The fourth-order valence-corrected chi connectivity index (χ4v) is 3.58. The largest absolute Gasteiger partial charge is 0.493 e. The van der Waals surface area contributed by atoms with Crippen molar-refractivity contribution in [2.24, 2.45) is 5.16 Å². The van der Waals surface area contributed by atoms with E-state index in [1.54, 1.807) is 7.11 Å². The summed E-state index contributed by atoms with van der Waals surface area (Å²) in [4.78, 5) is 29.1. The van der Waals surface area contributed by atoms with Gasteiger partial charge in [-0.2, -0.15) is 0 Å². The molecule has 1 aromatic rings. The Morgan fingerprint density at radius 1 is 1.23 bits per heavy atom. The zero-order valence-corrected chi connectivity index (χ0v) is 15.5. The maximum absolute atomic E-state index is 12.1. The van der Waals surface area contributed by atoms with Crippen molar-refractivity contribution in [2.75, 3.05) is 7.11 Å². The molecule has 0 radical (unpaired) electrons. The number of Topliss-reactive ketones (excluding diaryl/α,β-unsaturated/α-hetero) is 2. The van der Waals surface area contributed by atoms with Crippen LogP contribution in [0.5, 0.6) is 11.5 Å². The summed E-state index contributed by atoms with van der Waals surface area (Å²) in [5.41, 5.74) is 0.263. The first-order valence-corrected chi connectivity index (χ1v) is 9.04. The lowest BCUT2D eigenvalue weighted by Gasteiger charge is -2.22. The monoisotopic (exact) mass is 359 g/mol. The smallest absolute Gasteiger partial charge is 0.207 e. The van der Waals surface area contributed by atoms with Crippen LogP contribution in [0.25, 0.3) is 0 Å². The van der Waals surface area contributed by atoms with Crippen molar-refractivity contribution in [3.8, 4) is 11.5 Å². The lowest BCUT2D eigenvalue weighted by Crippen LogP contribution is -2.39. The van der Waals surface area contributed by atoms with E-state index in [0.29, 0.717) is 17.2 Å². The molecule has 1 heterocycles. The summed E-state index contributed by atoms with van der Waals surface area (Å²) >= 11 is 0. The first-order chi connectivity index (χ1) is 12.4. The highest BCUT2D eigenvalue weighted by atomic mass is 16.7. The Kier molecular flexibility index (Phi) is 5.30. The van der Waals surface area contributed by atoms with E-state index in [-0.39, 0.29) is 30.5 Å². The second-order valence-electron chi connectivity index (χ2n) is 7.13. The lowest BCUT2D eigenvalue weighted by atomic mass is 9.86. The van der Waals surface area contributed by atoms with Crippen LogP contribution in [-0.2, 0) is 14.4 Å². The summed E-state index contributed by atoms with van der Waals surface area (Å²) in [6.45, 7) is 2.89. The number of carbonyl (C=O) groups is 2. The SMILES string of the molecule is COc1ccc(C2=NOC(CC(C)=O)(C(C)=O)C2)cc1OC1CCCC1. The number of hydrogen-bond donors (Lipinski definition) is 0. The van der Waals surface area contributed by atoms with E-state index in [9.17, 15) is 9.59 Å². The van der Waals surface area contributed by atoms with Crippen molar-refractivity contribution in [3.63, 3.8) is 0 Å². The third-order valence-electron chi connectivity index (χ3n) is 5.05. The number of benzene rings is 1. The van der Waals surface area contributed by atoms with Gasteiger partial charge in [-0.05, 0) is 57.7 Å². The molecule has 2 aliphatic rings. The van der Waals surface area contributed by atoms with Gasteiger partial charge in [0.2, 0.25) is 5.60 Å². The molecule has 1 aromatic carbocycles. The van der Waals surface area contributed by atoms with Crippen molar-refractivity contribution in [1.29, 1.82) is 0 Å². The molecule has 1 saturated carbocycles. The summed E-state index contributed by atoms with van der Waals surface area (Å²) in [5, 5.41) is 4.11. The van der Waals surface area contributed by atoms with Crippen molar-refractivity contribution in [1.82, 2.24) is 0 Å². The minimum atomic E-state index is -1.19. The number of oxime groups is 1. The average Bonchev–Trinajstić information content (AvgIpc) is 3.25. The summed E-state index contributed by atoms with van der Waals surface area (Å²) in [6.07, 6.45) is 4.95. The lowest BCUT2D eigenvalue weighted by molar-refractivity contribution is -0.144. The molecule has 1 aliphatic heterocycles. The molecule has 6 nitrogen and oxygen atoms in total. The number of rotatable bonds is 7. The van der Waals surface area contributed by atoms with Crippen molar-refractivity contribution in [3.05, 3.63) is 23.8 Å². The fourth-order valence-electron chi connectivity index (χ4n) is 3.58. The minimum absolute atomic E-state index is 0.0247. The van der Waals surface area contributed by atoms with Crippen LogP contribution in [0.1, 0.15) is 57.9 Å². The van der Waals surface area contributed by atoms with E-state index in [2.05, 4.69) is 5.16 Å². The van der Waals surface area contributed by atoms with Gasteiger partial charge in [-0.3, -0.25) is 9.59 Å². The van der Waals surface area contributed by atoms with Crippen LogP contribution in [-0.4, -0.2) is 36.1 Å². The Morgan fingerprint density at radius 3 is 2.58 bits per heavy atom. The molecule has 0 spiro atoms. The van der Waals surface area contributed by atoms with Crippen molar-refractivity contribution >= 4 is 17.3 Å². The van der Waals surface area contributed by atoms with E-state index in [0.717, 1.165) is 18.4 Å². The predicted molar refractivity (Wildman–Crippen MR) is 96.8 cm³/mol. The molecule has 0 bridgehead atoms. The Morgan fingerprint density at radius 2 is 1.96 bits per heavy atom. The second-order valence-corrected chi connectivity index (χ2v) is 7.13. The normalized spacial score (nSPS) is 22.7. The zero-order chi connectivity index (χ0) is 18.7. The van der Waals surface area contributed by atoms with Gasteiger partial charge in [0.25, 0.3) is 0 Å². The van der Waals surface area contributed by atoms with E-state index < -0.39 is 5.60 Å². The molecule has 140 valence electrons. The van der Waals surface area contributed by atoms with Crippen LogP contribution >= 0.6 is 0 Å². The summed E-state index contributed by atoms with van der Waals surface area (Å²) in [6, 6.07) is 5.58. The van der Waals surface area contributed by atoms with Gasteiger partial charge in [0.05, 0.1) is 25.3 Å². The van der Waals surface area contributed by atoms with E-state index in [1.165, 1.54) is 26.7 Å². The molecule has 1 aliphatic carbocycles. The van der Waals surface area contributed by atoms with E-state index >= 15 is 0 Å². The van der Waals surface area contributed by atoms with Crippen molar-refractivity contribution < 1.29 is 23.9 Å². The Balaban J connectivity index is 1.83. The van der Waals surface area contributed by atoms with Crippen LogP contribution < -0.4 is 9.47 Å². The van der Waals surface area contributed by atoms with Crippen LogP contribution in [0.4, 0.5) is 0 Å². The first-order valence-electron chi connectivity index (χ1n) is 9.04. The molecule has 1 unspecified atom stereocenters. The van der Waals surface area contributed by atoms with Gasteiger partial charge in [-0.1, -0.05) is 5.16 Å². The molecule has 1 atom stereocenters. The average molecular weight is 359 g/mol. The molecule has 1 fully saturated rings. The van der Waals surface area contributed by atoms with Gasteiger partial charge in [-0.25, -0.2) is 0 Å². The minimum Gasteiger partial charge on any atom is -0.493 e. The van der Waals surface area contributed by atoms with Gasteiger partial charge in [0.1, 0.15) is 5.78 Å². The van der Waals surface area contributed by atoms with Gasteiger partial charge >= 0.3 is 0 Å². The van der Waals surface area contributed by atoms with Gasteiger partial charge in [0, 0.05) is 12.0 Å². The maximum atomic E-state index is 12.1. The third kappa shape index (κ3) is 3.74. The van der Waals surface area contributed by atoms with E-state index in [1.807, 2.05) is 18.2 Å². The molecule has 0 amide bonds. The molecule has 0 N–H and O–H groups in total. The topological polar surface area (TPSA) is 74.2 Å². The number of methoxy groups -OCH3 is 1. The highest BCUT2D eigenvalue weighted by Crippen LogP contribution is 2.36. The number of hydrogen-bond acceptors (Lipinski definition) is 6. The number of carbonyl (C=O) groups excluding carboxylic acids is 2. The number of ketones is 2. The quantitative estimate of drug-likeness (QED) is 0.745. The maximum Gasteiger partial charge on any atom is 0.207 e. The van der Waals surface area contributed by atoms with Crippen LogP contribution in [0.2, 0.25) is 0 Å². The number of ether oxygens (including phenoxy) is 2. The van der Waals surface area contributed by atoms with Gasteiger partial charge in [0.15, 0.2) is 17.3 Å². The number of nitrogens with zero attached hydrogens (tertiary/aromatic N) is 1. The Labute approximate surface area is 153 Å². The van der Waals surface area contributed by atoms with Gasteiger partial charge < -0.3 is 14.3 Å². The molecule has 0 saturated heterocycles. The summed E-state index contributed by atoms with van der Waals surface area (Å²) in [5.74, 6) is 1.05. The van der Waals surface area contributed by atoms with Crippen LogP contribution in [0.15, 0.2) is 23.4 Å². The van der Waals surface area contributed by atoms with Crippen LogP contribution in [0, 0.1) is 0 Å². The molecule has 6 heteroatoms. The second kappa shape index (κ2) is 7.48. The highest BCUT2D eigenvalue weighted by molar-refractivity contribution is 6.07. The highest BCUT2D eigenvalue weighted by Gasteiger charge is 2.45. The first kappa shape index (κ1) is 18.4. The molecule has 0 aromatic heterocycles. The molecule has 26 heavy (non-hydrogen) atoms. The molecule has 3 rings (SSSR count). The van der Waals surface area contributed by atoms with E-state index in [4.69, 9.17) is 14.3 Å². The predicted octanol–water partition coefficient (Wildman–Crippen LogP) is 3.45. The van der Waals surface area contributed by atoms with Crippen molar-refractivity contribution in [2.45, 2.75) is 64.1 Å².